The average Bonchev–Trinajstić information content (AvgIpc) is 4.04. The van der Waals surface area contributed by atoms with Crippen LogP contribution in [0.3, 0.4) is 0 Å². The summed E-state index contributed by atoms with van der Waals surface area (Å²) in [7, 11) is 0. The molecular formula is C66H38N4. The van der Waals surface area contributed by atoms with Crippen LogP contribution in [0.5, 0.6) is 0 Å². The molecule has 4 heteroatoms. The van der Waals surface area contributed by atoms with Gasteiger partial charge < -0.3 is 9.13 Å². The molecule has 0 N–H and O–H groups in total. The van der Waals surface area contributed by atoms with Crippen LogP contribution in [0.15, 0.2) is 231 Å². The normalized spacial score (nSPS) is 12.3. The minimum Gasteiger partial charge on any atom is -0.309 e. The molecule has 16 rings (SSSR count). The van der Waals surface area contributed by atoms with Crippen LogP contribution in [-0.2, 0) is 0 Å². The molecular weight excluding hydrogens is 849 g/mol. The molecule has 1 aliphatic rings. The van der Waals surface area contributed by atoms with Crippen LogP contribution in [-0.4, -0.2) is 19.1 Å². The molecule has 0 amide bonds. The second kappa shape index (κ2) is 14.1. The molecule has 0 bridgehead atoms. The molecule has 0 fully saturated rings. The first-order valence-electron chi connectivity index (χ1n) is 24.1. The standard InChI is InChI=1S/C66H38N4/c1-2-15-40-37-62-55(35-39(40)14-1)48-20-7-11-26-59(48)69(62)43-29-28-41-38-63-56(36-42(41)34-43)49-21-8-12-27-60(49)70(63)61-33-32-53(46-18-5-6-19-47(46)61)65-66(68-58-25-10-9-24-57(58)67-65)54-31-30-52-45-17-4-3-16-44(45)50-22-13-23-51(54)64(50)52/h1-38H. The highest BCUT2D eigenvalue weighted by molar-refractivity contribution is 6.20. The number of nitrogens with zero attached hydrogens (tertiary/aromatic N) is 4. The van der Waals surface area contributed by atoms with Gasteiger partial charge in [-0.2, -0.15) is 0 Å². The van der Waals surface area contributed by atoms with Crippen molar-refractivity contribution in [1.82, 2.24) is 19.1 Å². The Morgan fingerprint density at radius 1 is 0.257 bits per heavy atom. The van der Waals surface area contributed by atoms with Gasteiger partial charge in [0.05, 0.1) is 50.2 Å². The van der Waals surface area contributed by atoms with Gasteiger partial charge in [-0.15, -0.1) is 0 Å². The van der Waals surface area contributed by atoms with Gasteiger partial charge in [-0.25, -0.2) is 9.97 Å². The molecule has 0 saturated carbocycles. The maximum Gasteiger partial charge on any atom is 0.0979 e. The molecule has 3 heterocycles. The van der Waals surface area contributed by atoms with Gasteiger partial charge in [0.2, 0.25) is 0 Å². The van der Waals surface area contributed by atoms with E-state index in [2.05, 4.69) is 240 Å². The van der Waals surface area contributed by atoms with E-state index in [0.29, 0.717) is 0 Å². The van der Waals surface area contributed by atoms with Crippen molar-refractivity contribution in [2.24, 2.45) is 0 Å². The van der Waals surface area contributed by atoms with Gasteiger partial charge in [-0.3, -0.25) is 0 Å². The number of rotatable bonds is 4. The summed E-state index contributed by atoms with van der Waals surface area (Å²) in [4.78, 5) is 11.0. The highest BCUT2D eigenvalue weighted by atomic mass is 15.0. The fraction of sp³-hybridized carbons (Fsp3) is 0. The number of fused-ring (bicyclic) bond motifs is 13. The second-order valence-electron chi connectivity index (χ2n) is 18.8. The van der Waals surface area contributed by atoms with Crippen molar-refractivity contribution in [3.8, 4) is 56.1 Å². The SMILES string of the molecule is c1ccc2c(c1)-c1cccc3c(-c4nc5ccccc5nc4-c4ccc(-n5c6ccccc6c6cc7cc(-n8c9ccccc9c9cc%10ccccc%10cc98)ccc7cc65)c5ccccc45)ccc-2c13. The molecule has 12 aromatic carbocycles. The Bertz CT molecular complexity index is 4750. The first-order chi connectivity index (χ1) is 34.7. The van der Waals surface area contributed by atoms with Crippen molar-refractivity contribution in [1.29, 1.82) is 0 Å². The fourth-order valence-electron chi connectivity index (χ4n) is 12.1. The van der Waals surface area contributed by atoms with E-state index in [0.717, 1.165) is 55.7 Å². The van der Waals surface area contributed by atoms with Crippen LogP contribution in [0.2, 0.25) is 0 Å². The topological polar surface area (TPSA) is 35.6 Å². The molecule has 15 aromatic rings. The zero-order chi connectivity index (χ0) is 45.6. The molecule has 0 unspecified atom stereocenters. The van der Waals surface area contributed by atoms with Crippen molar-refractivity contribution in [3.63, 3.8) is 0 Å². The van der Waals surface area contributed by atoms with Crippen LogP contribution in [0, 0.1) is 0 Å². The van der Waals surface area contributed by atoms with Crippen molar-refractivity contribution in [3.05, 3.63) is 231 Å². The lowest BCUT2D eigenvalue weighted by molar-refractivity contribution is 1.19. The number of hydrogen-bond acceptors (Lipinski definition) is 2. The summed E-state index contributed by atoms with van der Waals surface area (Å²) in [6.45, 7) is 0. The molecule has 322 valence electrons. The van der Waals surface area contributed by atoms with E-state index < -0.39 is 0 Å². The highest BCUT2D eigenvalue weighted by Crippen LogP contribution is 2.50. The predicted molar refractivity (Wildman–Crippen MR) is 294 cm³/mol. The van der Waals surface area contributed by atoms with Crippen LogP contribution < -0.4 is 0 Å². The van der Waals surface area contributed by atoms with Gasteiger partial charge in [0.1, 0.15) is 0 Å². The third-order valence-corrected chi connectivity index (χ3v) is 15.2. The van der Waals surface area contributed by atoms with Gasteiger partial charge in [-0.1, -0.05) is 158 Å². The van der Waals surface area contributed by atoms with E-state index in [1.54, 1.807) is 0 Å². The van der Waals surface area contributed by atoms with E-state index in [1.165, 1.54) is 98.2 Å². The summed E-state index contributed by atoms with van der Waals surface area (Å²) < 4.78 is 4.91. The summed E-state index contributed by atoms with van der Waals surface area (Å²) in [5, 5.41) is 14.6. The number of aromatic nitrogens is 4. The summed E-state index contributed by atoms with van der Waals surface area (Å²) >= 11 is 0. The minimum atomic E-state index is 0.872. The first kappa shape index (κ1) is 37.7. The van der Waals surface area contributed by atoms with Crippen molar-refractivity contribution < 1.29 is 0 Å². The summed E-state index contributed by atoms with van der Waals surface area (Å²) in [6.07, 6.45) is 0. The van der Waals surface area contributed by atoms with Gasteiger partial charge in [0, 0.05) is 43.7 Å². The van der Waals surface area contributed by atoms with E-state index in [9.17, 15) is 0 Å². The fourth-order valence-corrected chi connectivity index (χ4v) is 12.1. The zero-order valence-electron chi connectivity index (χ0n) is 37.7. The Morgan fingerprint density at radius 2 is 0.743 bits per heavy atom. The molecule has 3 aromatic heterocycles. The smallest absolute Gasteiger partial charge is 0.0979 e. The number of hydrogen-bond donors (Lipinski definition) is 0. The Labute approximate surface area is 401 Å². The highest BCUT2D eigenvalue weighted by Gasteiger charge is 2.26. The quantitative estimate of drug-likeness (QED) is 0.176. The molecule has 70 heavy (non-hydrogen) atoms. The Kier molecular flexibility index (Phi) is 7.58. The zero-order valence-corrected chi connectivity index (χ0v) is 37.7. The van der Waals surface area contributed by atoms with E-state index in [1.807, 2.05) is 0 Å². The van der Waals surface area contributed by atoms with Gasteiger partial charge in [0.15, 0.2) is 0 Å². The van der Waals surface area contributed by atoms with E-state index in [-0.39, 0.29) is 0 Å². The molecule has 0 aliphatic heterocycles. The van der Waals surface area contributed by atoms with Gasteiger partial charge in [-0.05, 0) is 133 Å². The molecule has 0 saturated heterocycles. The minimum absolute atomic E-state index is 0.872. The maximum absolute atomic E-state index is 5.51. The molecule has 1 aliphatic carbocycles. The Hall–Kier alpha value is -9.38. The first-order valence-corrected chi connectivity index (χ1v) is 24.1. The third kappa shape index (κ3) is 5.19. The van der Waals surface area contributed by atoms with Crippen LogP contribution in [0.25, 0.3) is 154 Å². The Balaban J connectivity index is 0.898. The van der Waals surface area contributed by atoms with Crippen LogP contribution in [0.1, 0.15) is 0 Å². The van der Waals surface area contributed by atoms with Crippen molar-refractivity contribution >= 4 is 97.7 Å². The Morgan fingerprint density at radius 3 is 1.47 bits per heavy atom. The van der Waals surface area contributed by atoms with E-state index in [4.69, 9.17) is 9.97 Å². The number of benzene rings is 12. The van der Waals surface area contributed by atoms with Crippen molar-refractivity contribution in [2.75, 3.05) is 0 Å². The molecule has 0 spiro atoms. The van der Waals surface area contributed by atoms with Gasteiger partial charge >= 0.3 is 0 Å². The average molecular weight is 887 g/mol. The molecule has 4 nitrogen and oxygen atoms in total. The second-order valence-corrected chi connectivity index (χ2v) is 18.8. The lowest BCUT2D eigenvalue weighted by atomic mass is 9.93. The summed E-state index contributed by atoms with van der Waals surface area (Å²) in [6, 6.07) is 84.4. The monoisotopic (exact) mass is 886 g/mol. The van der Waals surface area contributed by atoms with E-state index >= 15 is 0 Å². The molecule has 0 radical (unpaired) electrons. The largest absolute Gasteiger partial charge is 0.309 e. The van der Waals surface area contributed by atoms with Crippen LogP contribution in [0.4, 0.5) is 0 Å². The summed E-state index contributed by atoms with van der Waals surface area (Å²) in [5.41, 5.74) is 17.8. The molecule has 0 atom stereocenters. The number of para-hydroxylation sites is 4. The third-order valence-electron chi connectivity index (χ3n) is 15.2. The summed E-state index contributed by atoms with van der Waals surface area (Å²) in [5.74, 6) is 0. The predicted octanol–water partition coefficient (Wildman–Crippen LogP) is 17.4. The maximum atomic E-state index is 5.51. The lowest BCUT2D eigenvalue weighted by Gasteiger charge is -2.17. The van der Waals surface area contributed by atoms with Crippen LogP contribution >= 0.6 is 0 Å². The lowest BCUT2D eigenvalue weighted by Crippen LogP contribution is -1.99. The van der Waals surface area contributed by atoms with Gasteiger partial charge in [0.25, 0.3) is 0 Å². The van der Waals surface area contributed by atoms with Crippen molar-refractivity contribution in [2.45, 2.75) is 0 Å².